The van der Waals surface area contributed by atoms with E-state index in [1.54, 1.807) is 42.3 Å². The fraction of sp³-hybridized carbons (Fsp3) is 0.290. The summed E-state index contributed by atoms with van der Waals surface area (Å²) in [6.07, 6.45) is -7.67. The van der Waals surface area contributed by atoms with Gasteiger partial charge in [-0.2, -0.15) is 0 Å². The number of methoxy groups -OCH3 is 4. The Labute approximate surface area is 485 Å². The third-order valence-corrected chi connectivity index (χ3v) is 17.3. The normalized spacial score (nSPS) is 19.7. The van der Waals surface area contributed by atoms with E-state index in [0.29, 0.717) is 34.1 Å². The van der Waals surface area contributed by atoms with Crippen LogP contribution < -0.4 is 41.4 Å². The number of benzene rings is 6. The number of ether oxygens (including phenoxy) is 8. The van der Waals surface area contributed by atoms with Crippen LogP contribution in [0.2, 0.25) is 0 Å². The number of aromatic amines is 2. The molecule has 21 heteroatoms. The molecule has 2 N–H and O–H groups in total. The summed E-state index contributed by atoms with van der Waals surface area (Å²) in [5.41, 5.74) is -0.329. The van der Waals surface area contributed by atoms with Crippen LogP contribution >= 0.6 is 6.29 Å². The standard InChI is InChI=1S/C62H63N4O15PSe/c1-39-35-65(59(69)63-57(39)67)55-33-51(80-62(42-15-11-8-12-16-42,45-21-29-49(74-5)30-22-45)46-23-31-50(75-6)32-24-46)54(79-55)38-77-82(71,83)81-52-34-56(66-36-40(2)58(68)64-60(66)70)78-53(52)37-76-61(41-13-9-7-10-14-41,43-17-25-47(72-3)26-18-43)44-19-27-48(73-4)28-20-44/h7-32,35-36,51-56H,33-34,37-38H2,1-6H3,(H,71,83)(H,63,67,69)(H,64,68,70)/p-1/t51-,52-,53+,54+,55+,56+,82?/m0/s1. The van der Waals surface area contributed by atoms with Gasteiger partial charge in [-0.25, -0.2) is 0 Å². The summed E-state index contributed by atoms with van der Waals surface area (Å²) in [6, 6.07) is 49.2. The number of hydrogen-bond donors (Lipinski definition) is 2. The van der Waals surface area contributed by atoms with Crippen LogP contribution in [0.25, 0.3) is 0 Å². The van der Waals surface area contributed by atoms with Crippen molar-refractivity contribution in [3.05, 3.63) is 256 Å². The molecule has 2 aliphatic rings. The molecule has 432 valence electrons. The molecule has 0 spiro atoms. The zero-order chi connectivity index (χ0) is 58.5. The number of aryl methyl sites for hydroxylation is 2. The van der Waals surface area contributed by atoms with E-state index >= 15 is 4.57 Å². The van der Waals surface area contributed by atoms with Gasteiger partial charge >= 0.3 is 460 Å². The molecule has 0 saturated carbocycles. The summed E-state index contributed by atoms with van der Waals surface area (Å²) in [4.78, 5) is 57.1. The van der Waals surface area contributed by atoms with Crippen molar-refractivity contribution in [3.63, 3.8) is 0 Å². The minimum atomic E-state index is -4.33. The molecule has 0 bridgehead atoms. The fourth-order valence-corrected chi connectivity index (χ4v) is 12.8. The van der Waals surface area contributed by atoms with Crippen molar-refractivity contribution in [2.24, 2.45) is 0 Å². The molecule has 1 unspecified atom stereocenters. The summed E-state index contributed by atoms with van der Waals surface area (Å²) in [5, 5.41) is 0. The van der Waals surface area contributed by atoms with E-state index in [-0.39, 0.29) is 30.6 Å². The van der Waals surface area contributed by atoms with Gasteiger partial charge in [0, 0.05) is 0 Å². The topological polar surface area (TPSA) is 219 Å². The van der Waals surface area contributed by atoms with Crippen LogP contribution in [0, 0.1) is 13.8 Å². The van der Waals surface area contributed by atoms with Crippen molar-refractivity contribution in [1.82, 2.24) is 19.1 Å². The van der Waals surface area contributed by atoms with Crippen molar-refractivity contribution >= 4 is 21.9 Å². The quantitative estimate of drug-likeness (QED) is 0.0370. The van der Waals surface area contributed by atoms with Gasteiger partial charge in [-0.3, -0.25) is 0 Å². The second-order valence-electron chi connectivity index (χ2n) is 20.0. The molecular weight excluding hydrogens is 1150 g/mol. The Morgan fingerprint density at radius 3 is 1.25 bits per heavy atom. The van der Waals surface area contributed by atoms with Crippen LogP contribution in [0.1, 0.15) is 69.8 Å². The fourth-order valence-electron chi connectivity index (χ4n) is 10.8. The summed E-state index contributed by atoms with van der Waals surface area (Å²) in [5.74, 6) is 2.48. The first-order chi connectivity index (χ1) is 40.1. The van der Waals surface area contributed by atoms with Gasteiger partial charge in [0.05, 0.1) is 28.4 Å². The van der Waals surface area contributed by atoms with Crippen LogP contribution in [0.4, 0.5) is 0 Å². The van der Waals surface area contributed by atoms with Crippen LogP contribution in [0.3, 0.4) is 0 Å². The van der Waals surface area contributed by atoms with Crippen LogP contribution in [0.15, 0.2) is 189 Å². The van der Waals surface area contributed by atoms with E-state index in [2.05, 4.69) is 25.5 Å². The van der Waals surface area contributed by atoms with Crippen molar-refractivity contribution in [3.8, 4) is 23.0 Å². The number of hydrogen-bond acceptors (Lipinski definition) is 15. The van der Waals surface area contributed by atoms with E-state index < -0.39 is 83.5 Å². The number of H-pyrrole nitrogens is 2. The molecule has 83 heavy (non-hydrogen) atoms. The summed E-state index contributed by atoms with van der Waals surface area (Å²) >= 11 is 2.67. The Bertz CT molecular complexity index is 3710. The Kier molecular flexibility index (Phi) is 17.7. The molecule has 0 radical (unpaired) electrons. The molecule has 10 rings (SSSR count). The Morgan fingerprint density at radius 1 is 0.506 bits per heavy atom. The predicted octanol–water partition coefficient (Wildman–Crippen LogP) is 8.38. The first-order valence-corrected chi connectivity index (χ1v) is 30.4. The summed E-state index contributed by atoms with van der Waals surface area (Å²) < 4.78 is 81.1. The van der Waals surface area contributed by atoms with Gasteiger partial charge in [0.25, 0.3) is 0 Å². The zero-order valence-electron chi connectivity index (χ0n) is 46.3. The summed E-state index contributed by atoms with van der Waals surface area (Å²) in [6.45, 7) is 2.52. The van der Waals surface area contributed by atoms with E-state index in [1.165, 1.54) is 21.5 Å². The maximum atomic E-state index is 15.2. The van der Waals surface area contributed by atoms with Crippen molar-refractivity contribution in [1.29, 1.82) is 0 Å². The third kappa shape index (κ3) is 12.2. The molecular formula is C62H62N4O15PSe-. The molecule has 6 aromatic carbocycles. The van der Waals surface area contributed by atoms with E-state index in [9.17, 15) is 19.2 Å². The predicted molar refractivity (Wildman–Crippen MR) is 309 cm³/mol. The maximum absolute atomic E-state index is 15.2. The number of aromatic nitrogens is 4. The van der Waals surface area contributed by atoms with E-state index in [1.807, 2.05) is 158 Å². The van der Waals surface area contributed by atoms with Crippen LogP contribution in [-0.4, -0.2) is 101 Å². The average Bonchev–Trinajstić information content (AvgIpc) is 3.66. The average molecular weight is 1210 g/mol. The number of nitrogens with one attached hydrogen (secondary N) is 2. The Balaban J connectivity index is 1.01. The molecule has 8 aromatic rings. The molecule has 0 aliphatic carbocycles. The molecule has 2 saturated heterocycles. The van der Waals surface area contributed by atoms with Crippen molar-refractivity contribution < 1.29 is 51.5 Å². The van der Waals surface area contributed by atoms with E-state index in [0.717, 1.165) is 22.3 Å². The summed E-state index contributed by atoms with van der Waals surface area (Å²) in [7, 11) is 6.34. The second kappa shape index (κ2) is 25.1. The monoisotopic (exact) mass is 1210 g/mol. The molecule has 19 nitrogen and oxygen atoms in total. The van der Waals surface area contributed by atoms with Gasteiger partial charge in [0.15, 0.2) is 0 Å². The number of nitrogens with zero attached hydrogens (tertiary/aromatic N) is 2. The first-order valence-electron chi connectivity index (χ1n) is 26.7. The van der Waals surface area contributed by atoms with Crippen LogP contribution in [0.5, 0.6) is 23.0 Å². The van der Waals surface area contributed by atoms with Gasteiger partial charge in [-0.1, -0.05) is 0 Å². The van der Waals surface area contributed by atoms with Gasteiger partial charge in [-0.05, 0) is 0 Å². The molecule has 4 heterocycles. The first kappa shape index (κ1) is 58.6. The van der Waals surface area contributed by atoms with Crippen molar-refractivity contribution in [2.45, 2.75) is 74.8 Å². The molecule has 2 aliphatic heterocycles. The Morgan fingerprint density at radius 2 is 0.855 bits per heavy atom. The van der Waals surface area contributed by atoms with Crippen LogP contribution in [-0.2, 0) is 43.8 Å². The zero-order valence-corrected chi connectivity index (χ0v) is 48.9. The molecule has 2 aromatic heterocycles. The van der Waals surface area contributed by atoms with Gasteiger partial charge < -0.3 is 0 Å². The Hall–Kier alpha value is -7.61. The molecule has 2 fully saturated rings. The SMILES string of the molecule is COc1ccc(C(OC[C@H]2O[C@@H](n3cc(C)c(=O)[nH]c3=O)C[C@@H]2OP(=O)([Se-])OC[C@H]2O[C@@H](n3cc(C)c(=O)[nH]c3=O)C[C@@H]2OC(c2ccccc2)(c2ccc(OC)cc2)c2ccc(OC)cc2)(c2ccccc2)c2ccc(OC)cc2)cc1. The third-order valence-electron chi connectivity index (χ3n) is 15.1. The van der Waals surface area contributed by atoms with Gasteiger partial charge in [0.2, 0.25) is 0 Å². The second-order valence-corrected chi connectivity index (χ2v) is 24.2. The van der Waals surface area contributed by atoms with Gasteiger partial charge in [0.1, 0.15) is 0 Å². The van der Waals surface area contributed by atoms with E-state index in [4.69, 9.17) is 46.9 Å². The molecule has 7 atom stereocenters. The number of rotatable bonds is 22. The van der Waals surface area contributed by atoms with Gasteiger partial charge in [-0.15, -0.1) is 0 Å². The molecule has 0 amide bonds. The van der Waals surface area contributed by atoms with Crippen molar-refractivity contribution in [2.75, 3.05) is 41.7 Å². The minimum absolute atomic E-state index is 0.0509.